The highest BCUT2D eigenvalue weighted by atomic mass is 28.2. The molecule has 0 aliphatic rings. The van der Waals surface area contributed by atoms with Crippen LogP contribution in [0.25, 0.3) is 6.08 Å². The fourth-order valence-corrected chi connectivity index (χ4v) is 2.41. The van der Waals surface area contributed by atoms with Gasteiger partial charge in [0.05, 0.1) is 6.61 Å². The van der Waals surface area contributed by atoms with Crippen LogP contribution in [-0.4, -0.2) is 23.5 Å². The summed E-state index contributed by atoms with van der Waals surface area (Å²) in [6.45, 7) is 7.40. The summed E-state index contributed by atoms with van der Waals surface area (Å²) in [7, 11) is 2.23. The molecule has 0 spiro atoms. The monoisotopic (exact) mass is 248 g/mol. The first-order valence-electron chi connectivity index (χ1n) is 5.88. The standard InChI is InChI=1S/C14H20O2Si/c1-4-12-8-6-7-9-13(12)10-16-17-14(5-2)11-15-3/h4,6-9,14H,1,5,10-11H2,2-3H3. The number of ether oxygens (including phenoxy) is 1. The molecule has 0 saturated carbocycles. The third kappa shape index (κ3) is 4.85. The maximum Gasteiger partial charge on any atom is 0.236 e. The van der Waals surface area contributed by atoms with Gasteiger partial charge in [0.2, 0.25) is 9.76 Å². The van der Waals surface area contributed by atoms with Crippen LogP contribution in [0.5, 0.6) is 0 Å². The Morgan fingerprint density at radius 2 is 2.18 bits per heavy atom. The summed E-state index contributed by atoms with van der Waals surface area (Å²) in [5.74, 6) is 0. The van der Waals surface area contributed by atoms with E-state index in [2.05, 4.69) is 25.6 Å². The summed E-state index contributed by atoms with van der Waals surface area (Å²) in [4.78, 5) is 0. The quantitative estimate of drug-likeness (QED) is 0.657. The Kier molecular flexibility index (Phi) is 6.85. The largest absolute Gasteiger partial charge is 0.413 e. The summed E-state index contributed by atoms with van der Waals surface area (Å²) in [5, 5.41) is 0. The normalized spacial score (nSPS) is 12.4. The molecule has 3 heteroatoms. The van der Waals surface area contributed by atoms with Crippen molar-refractivity contribution in [3.8, 4) is 0 Å². The lowest BCUT2D eigenvalue weighted by atomic mass is 10.1. The SMILES string of the molecule is C=Cc1ccccc1CO[Si]C(CC)COC. The van der Waals surface area contributed by atoms with Crippen LogP contribution in [0, 0.1) is 0 Å². The number of methoxy groups -OCH3 is 1. The van der Waals surface area contributed by atoms with E-state index in [0.717, 1.165) is 18.6 Å². The highest BCUT2D eigenvalue weighted by molar-refractivity contribution is 6.29. The third-order valence-corrected chi connectivity index (χ3v) is 3.83. The molecule has 1 aromatic rings. The maximum absolute atomic E-state index is 5.77. The van der Waals surface area contributed by atoms with Crippen LogP contribution in [-0.2, 0) is 15.8 Å². The van der Waals surface area contributed by atoms with Gasteiger partial charge in [-0.25, -0.2) is 0 Å². The average molecular weight is 248 g/mol. The fourth-order valence-electron chi connectivity index (χ4n) is 1.54. The molecule has 0 saturated heterocycles. The first-order chi connectivity index (χ1) is 8.31. The topological polar surface area (TPSA) is 18.5 Å². The lowest BCUT2D eigenvalue weighted by Crippen LogP contribution is -2.12. The van der Waals surface area contributed by atoms with E-state index in [1.807, 2.05) is 18.2 Å². The highest BCUT2D eigenvalue weighted by Gasteiger charge is 2.09. The summed E-state index contributed by atoms with van der Waals surface area (Å²) < 4.78 is 10.9. The number of hydrogen-bond acceptors (Lipinski definition) is 2. The van der Waals surface area contributed by atoms with E-state index < -0.39 is 0 Å². The molecule has 0 aliphatic heterocycles. The Bertz CT molecular complexity index is 339. The number of benzene rings is 1. The van der Waals surface area contributed by atoms with Crippen molar-refractivity contribution >= 4 is 15.8 Å². The highest BCUT2D eigenvalue weighted by Crippen LogP contribution is 2.13. The second-order valence-corrected chi connectivity index (χ2v) is 5.21. The lowest BCUT2D eigenvalue weighted by Gasteiger charge is -2.13. The van der Waals surface area contributed by atoms with E-state index in [-0.39, 0.29) is 0 Å². The van der Waals surface area contributed by atoms with Crippen LogP contribution in [0.3, 0.4) is 0 Å². The first-order valence-corrected chi connectivity index (χ1v) is 6.87. The van der Waals surface area contributed by atoms with Gasteiger partial charge in [0.25, 0.3) is 0 Å². The van der Waals surface area contributed by atoms with Crippen LogP contribution in [0.4, 0.5) is 0 Å². The van der Waals surface area contributed by atoms with Gasteiger partial charge in [-0.15, -0.1) is 0 Å². The molecular weight excluding hydrogens is 228 g/mol. The minimum atomic E-state index is 0.494. The predicted molar refractivity (Wildman–Crippen MR) is 73.0 cm³/mol. The minimum absolute atomic E-state index is 0.494. The van der Waals surface area contributed by atoms with E-state index in [0.29, 0.717) is 21.9 Å². The molecule has 0 fully saturated rings. The van der Waals surface area contributed by atoms with Crippen LogP contribution in [0.1, 0.15) is 24.5 Å². The molecule has 0 aliphatic carbocycles. The molecule has 2 nitrogen and oxygen atoms in total. The van der Waals surface area contributed by atoms with Crippen LogP contribution in [0.15, 0.2) is 30.8 Å². The Hall–Kier alpha value is -0.903. The molecule has 92 valence electrons. The number of rotatable bonds is 8. The molecule has 1 atom stereocenters. The van der Waals surface area contributed by atoms with E-state index in [1.54, 1.807) is 7.11 Å². The number of hydrogen-bond donors (Lipinski definition) is 0. The molecule has 0 N–H and O–H groups in total. The van der Waals surface area contributed by atoms with Gasteiger partial charge in [-0.2, -0.15) is 0 Å². The van der Waals surface area contributed by atoms with Crippen molar-refractivity contribution in [3.63, 3.8) is 0 Å². The molecule has 1 rings (SSSR count). The Morgan fingerprint density at radius 3 is 2.82 bits per heavy atom. The zero-order chi connectivity index (χ0) is 12.5. The molecular formula is C14H20O2Si. The molecule has 2 radical (unpaired) electrons. The Balaban J connectivity index is 2.42. The second-order valence-electron chi connectivity index (χ2n) is 3.87. The lowest BCUT2D eigenvalue weighted by molar-refractivity contribution is 0.186. The van der Waals surface area contributed by atoms with Gasteiger partial charge in [0.1, 0.15) is 0 Å². The summed E-state index contributed by atoms with van der Waals surface area (Å²) in [5.41, 5.74) is 2.86. The van der Waals surface area contributed by atoms with Crippen molar-refractivity contribution < 1.29 is 9.16 Å². The van der Waals surface area contributed by atoms with Gasteiger partial charge in [0, 0.05) is 19.3 Å². The van der Waals surface area contributed by atoms with E-state index in [1.165, 1.54) is 5.56 Å². The van der Waals surface area contributed by atoms with Crippen molar-refractivity contribution in [2.45, 2.75) is 25.5 Å². The average Bonchev–Trinajstić information content (AvgIpc) is 2.38. The molecule has 1 unspecified atom stereocenters. The summed E-state index contributed by atoms with van der Waals surface area (Å²) in [6, 6.07) is 8.18. The minimum Gasteiger partial charge on any atom is -0.413 e. The maximum atomic E-state index is 5.77. The van der Waals surface area contributed by atoms with Crippen molar-refractivity contribution in [1.29, 1.82) is 0 Å². The van der Waals surface area contributed by atoms with Gasteiger partial charge in [-0.1, -0.05) is 50.3 Å². The zero-order valence-electron chi connectivity index (χ0n) is 10.6. The van der Waals surface area contributed by atoms with Gasteiger partial charge in [-0.05, 0) is 11.1 Å². The predicted octanol–water partition coefficient (Wildman–Crippen LogP) is 3.31. The van der Waals surface area contributed by atoms with Gasteiger partial charge < -0.3 is 9.16 Å². The molecule has 1 aromatic carbocycles. The van der Waals surface area contributed by atoms with Crippen molar-refractivity contribution in [1.82, 2.24) is 0 Å². The van der Waals surface area contributed by atoms with Crippen molar-refractivity contribution in [2.75, 3.05) is 13.7 Å². The molecule has 0 amide bonds. The van der Waals surface area contributed by atoms with E-state index in [4.69, 9.17) is 9.16 Å². The van der Waals surface area contributed by atoms with Crippen LogP contribution in [0.2, 0.25) is 5.54 Å². The Morgan fingerprint density at radius 1 is 1.41 bits per heavy atom. The summed E-state index contributed by atoms with van der Waals surface area (Å²) >= 11 is 0. The summed E-state index contributed by atoms with van der Waals surface area (Å²) in [6.07, 6.45) is 2.96. The Labute approximate surface area is 107 Å². The second kappa shape index (κ2) is 8.23. The fraction of sp³-hybridized carbons (Fsp3) is 0.429. The van der Waals surface area contributed by atoms with Crippen molar-refractivity contribution in [2.24, 2.45) is 0 Å². The first kappa shape index (κ1) is 14.2. The van der Waals surface area contributed by atoms with Crippen LogP contribution < -0.4 is 0 Å². The zero-order valence-corrected chi connectivity index (χ0v) is 11.6. The van der Waals surface area contributed by atoms with E-state index in [9.17, 15) is 0 Å². The third-order valence-electron chi connectivity index (χ3n) is 2.61. The molecule has 0 heterocycles. The van der Waals surface area contributed by atoms with Gasteiger partial charge >= 0.3 is 0 Å². The molecule has 17 heavy (non-hydrogen) atoms. The van der Waals surface area contributed by atoms with Gasteiger partial charge in [-0.3, -0.25) is 0 Å². The van der Waals surface area contributed by atoms with E-state index >= 15 is 0 Å². The van der Waals surface area contributed by atoms with Gasteiger partial charge in [0.15, 0.2) is 0 Å². The van der Waals surface area contributed by atoms with Crippen LogP contribution >= 0.6 is 0 Å². The smallest absolute Gasteiger partial charge is 0.236 e. The molecule has 0 aromatic heterocycles. The van der Waals surface area contributed by atoms with Crippen molar-refractivity contribution in [3.05, 3.63) is 42.0 Å². The molecule has 0 bridgehead atoms.